The molecular formula is C4H4N2. The third-order valence-corrected chi connectivity index (χ3v) is 1.01. The van der Waals surface area contributed by atoms with Crippen LogP contribution in [0.15, 0.2) is 12.4 Å². The lowest BCUT2D eigenvalue weighted by Crippen LogP contribution is -1.58. The molecule has 0 atom stereocenters. The van der Waals surface area contributed by atoms with Crippen LogP contribution in [0.4, 0.5) is 0 Å². The molecule has 0 saturated heterocycles. The summed E-state index contributed by atoms with van der Waals surface area (Å²) in [7, 11) is 0. The second kappa shape index (κ2) is 0.511. The average Bonchev–Trinajstić information content (AvgIpc) is 2.17. The molecule has 0 aliphatic carbocycles. The maximum Gasteiger partial charge on any atom is 0.129 e. The van der Waals surface area contributed by atoms with Crippen molar-refractivity contribution in [1.29, 1.82) is 0 Å². The molecule has 2 heteroatoms. The molecule has 0 bridgehead atoms. The third kappa shape index (κ3) is 0.125. The summed E-state index contributed by atoms with van der Waals surface area (Å²) in [5, 5.41) is 0. The summed E-state index contributed by atoms with van der Waals surface area (Å²) in [5.74, 6) is 1.22. The molecule has 6 heavy (non-hydrogen) atoms. The summed E-state index contributed by atoms with van der Waals surface area (Å²) in [6, 6.07) is 0. The molecule has 0 fully saturated rings. The van der Waals surface area contributed by atoms with Gasteiger partial charge >= 0.3 is 0 Å². The van der Waals surface area contributed by atoms with Crippen molar-refractivity contribution < 1.29 is 0 Å². The van der Waals surface area contributed by atoms with Gasteiger partial charge in [-0.2, -0.15) is 0 Å². The van der Waals surface area contributed by atoms with E-state index in [1.54, 1.807) is 0 Å². The van der Waals surface area contributed by atoms with Gasteiger partial charge in [-0.15, -0.1) is 0 Å². The van der Waals surface area contributed by atoms with Crippen molar-refractivity contribution in [3.05, 3.63) is 18.2 Å². The maximum atomic E-state index is 3.97. The lowest BCUT2D eigenvalue weighted by molar-refractivity contribution is 1.11. The van der Waals surface area contributed by atoms with Crippen LogP contribution in [0.1, 0.15) is 5.82 Å². The highest BCUT2D eigenvalue weighted by Crippen LogP contribution is 2.11. The standard InChI is InChI=1S/C4H4N2/c1-2-6-3-4(6)5-1/h1-2H,3H2. The van der Waals surface area contributed by atoms with E-state index in [1.807, 2.05) is 12.4 Å². The monoisotopic (exact) mass is 80.0 g/mol. The van der Waals surface area contributed by atoms with Gasteiger partial charge in [-0.05, 0) is 0 Å². The van der Waals surface area contributed by atoms with Gasteiger partial charge < -0.3 is 4.57 Å². The number of aromatic nitrogens is 2. The first-order valence-corrected chi connectivity index (χ1v) is 1.97. The van der Waals surface area contributed by atoms with Gasteiger partial charge in [0, 0.05) is 12.4 Å². The van der Waals surface area contributed by atoms with Crippen LogP contribution in [0.2, 0.25) is 0 Å². The van der Waals surface area contributed by atoms with Gasteiger partial charge in [-0.1, -0.05) is 0 Å². The highest BCUT2D eigenvalue weighted by molar-refractivity contribution is 5.05. The smallest absolute Gasteiger partial charge is 0.129 e. The molecule has 2 rings (SSSR count). The van der Waals surface area contributed by atoms with Crippen LogP contribution in [-0.2, 0) is 6.54 Å². The van der Waals surface area contributed by atoms with E-state index in [9.17, 15) is 0 Å². The first kappa shape index (κ1) is 2.39. The summed E-state index contributed by atoms with van der Waals surface area (Å²) in [5.41, 5.74) is 0. The molecule has 0 radical (unpaired) electrons. The quantitative estimate of drug-likeness (QED) is 0.443. The van der Waals surface area contributed by atoms with E-state index < -0.39 is 0 Å². The summed E-state index contributed by atoms with van der Waals surface area (Å²) >= 11 is 0. The topological polar surface area (TPSA) is 17.8 Å². The number of imidazole rings is 1. The van der Waals surface area contributed by atoms with Crippen LogP contribution in [-0.4, -0.2) is 9.55 Å². The fraction of sp³-hybridized carbons (Fsp3) is 0.250. The van der Waals surface area contributed by atoms with E-state index in [-0.39, 0.29) is 0 Å². The zero-order valence-electron chi connectivity index (χ0n) is 3.26. The summed E-state index contributed by atoms with van der Waals surface area (Å²) < 4.78 is 2.10. The molecule has 0 spiro atoms. The van der Waals surface area contributed by atoms with Crippen molar-refractivity contribution in [3.63, 3.8) is 0 Å². The van der Waals surface area contributed by atoms with Gasteiger partial charge in [0.1, 0.15) is 5.82 Å². The van der Waals surface area contributed by atoms with Crippen molar-refractivity contribution in [2.24, 2.45) is 0 Å². The summed E-state index contributed by atoms with van der Waals surface area (Å²) in [6.07, 6.45) is 3.80. The first-order chi connectivity index (χ1) is 2.97. The third-order valence-electron chi connectivity index (χ3n) is 1.01. The van der Waals surface area contributed by atoms with Crippen LogP contribution in [0, 0.1) is 0 Å². The predicted octanol–water partition coefficient (Wildman–Crippen LogP) is 0.245. The zero-order chi connectivity index (χ0) is 3.98. The molecule has 1 aromatic heterocycles. The van der Waals surface area contributed by atoms with E-state index in [0.717, 1.165) is 6.54 Å². The lowest BCUT2D eigenvalue weighted by Gasteiger charge is -1.59. The predicted molar refractivity (Wildman–Crippen MR) is 21.3 cm³/mol. The molecular weight excluding hydrogens is 76.1 g/mol. The van der Waals surface area contributed by atoms with E-state index in [1.165, 1.54) is 5.82 Å². The first-order valence-electron chi connectivity index (χ1n) is 1.97. The zero-order valence-corrected chi connectivity index (χ0v) is 3.26. The van der Waals surface area contributed by atoms with E-state index in [0.29, 0.717) is 0 Å². The highest BCUT2D eigenvalue weighted by atomic mass is 15.2. The molecule has 1 aliphatic rings. The van der Waals surface area contributed by atoms with Gasteiger partial charge in [0.15, 0.2) is 0 Å². The Balaban J connectivity index is 2.88. The summed E-state index contributed by atoms with van der Waals surface area (Å²) in [6.45, 7) is 1.08. The Morgan fingerprint density at radius 1 is 1.83 bits per heavy atom. The Morgan fingerprint density at radius 2 is 2.83 bits per heavy atom. The number of nitrogens with zero attached hydrogens (tertiary/aromatic N) is 2. The minimum absolute atomic E-state index is 1.08. The minimum Gasteiger partial charge on any atom is -0.326 e. The van der Waals surface area contributed by atoms with Crippen LogP contribution in [0.3, 0.4) is 0 Å². The fourth-order valence-electron chi connectivity index (χ4n) is 0.571. The van der Waals surface area contributed by atoms with Crippen molar-refractivity contribution in [2.75, 3.05) is 0 Å². The summed E-state index contributed by atoms with van der Waals surface area (Å²) in [4.78, 5) is 3.97. The maximum absolute atomic E-state index is 3.97. The molecule has 0 saturated carbocycles. The van der Waals surface area contributed by atoms with Crippen molar-refractivity contribution in [3.8, 4) is 0 Å². The second-order valence-corrected chi connectivity index (χ2v) is 1.47. The molecule has 0 amide bonds. The number of hydrogen-bond donors (Lipinski definition) is 0. The van der Waals surface area contributed by atoms with Crippen LogP contribution in [0.25, 0.3) is 0 Å². The highest BCUT2D eigenvalue weighted by Gasteiger charge is 2.13. The molecule has 0 N–H and O–H groups in total. The molecule has 2 heterocycles. The average molecular weight is 80.1 g/mol. The molecule has 1 aromatic rings. The fourth-order valence-corrected chi connectivity index (χ4v) is 0.571. The molecule has 0 aromatic carbocycles. The van der Waals surface area contributed by atoms with E-state index in [2.05, 4.69) is 9.55 Å². The number of rotatable bonds is 0. The largest absolute Gasteiger partial charge is 0.326 e. The SMILES string of the molecule is c1cn2c(n1)C2. The Bertz CT molecular complexity index is 149. The number of hydrogen-bond acceptors (Lipinski definition) is 1. The van der Waals surface area contributed by atoms with Gasteiger partial charge in [-0.3, -0.25) is 0 Å². The lowest BCUT2D eigenvalue weighted by atomic mass is 10.8. The molecule has 2 nitrogen and oxygen atoms in total. The Labute approximate surface area is 35.4 Å². The molecule has 30 valence electrons. The molecule has 0 unspecified atom stereocenters. The molecule has 1 aliphatic heterocycles. The van der Waals surface area contributed by atoms with E-state index in [4.69, 9.17) is 0 Å². The van der Waals surface area contributed by atoms with Crippen LogP contribution in [0.5, 0.6) is 0 Å². The van der Waals surface area contributed by atoms with Gasteiger partial charge in [-0.25, -0.2) is 4.98 Å². The van der Waals surface area contributed by atoms with Gasteiger partial charge in [0.25, 0.3) is 0 Å². The van der Waals surface area contributed by atoms with Gasteiger partial charge in [0.2, 0.25) is 0 Å². The normalized spacial score (nSPS) is 14.0. The van der Waals surface area contributed by atoms with Crippen LogP contribution >= 0.6 is 0 Å². The Kier molecular flexibility index (Phi) is 0.204. The van der Waals surface area contributed by atoms with E-state index >= 15 is 0 Å². The van der Waals surface area contributed by atoms with Crippen molar-refractivity contribution >= 4 is 0 Å². The van der Waals surface area contributed by atoms with Crippen molar-refractivity contribution in [1.82, 2.24) is 9.55 Å². The second-order valence-electron chi connectivity index (χ2n) is 1.47. The minimum atomic E-state index is 1.08. The van der Waals surface area contributed by atoms with Gasteiger partial charge in [0.05, 0.1) is 6.54 Å². The Morgan fingerprint density at radius 3 is 3.00 bits per heavy atom. The number of fused-ring (bicyclic) bond motifs is 1. The van der Waals surface area contributed by atoms with Crippen molar-refractivity contribution in [2.45, 2.75) is 6.54 Å². The van der Waals surface area contributed by atoms with Crippen LogP contribution < -0.4 is 0 Å². The Hall–Kier alpha value is -0.790.